The van der Waals surface area contributed by atoms with E-state index in [-0.39, 0.29) is 11.7 Å². The number of carbonyl (C=O) groups excluding carboxylic acids is 1. The Balaban J connectivity index is 1.87. The summed E-state index contributed by atoms with van der Waals surface area (Å²) in [5.41, 5.74) is 5.05. The molecule has 4 aromatic rings. The molecule has 30 heavy (non-hydrogen) atoms. The molecule has 1 N–H and O–H groups in total. The third kappa shape index (κ3) is 4.09. The Morgan fingerprint density at radius 2 is 1.77 bits per heavy atom. The molecule has 0 aliphatic carbocycles. The van der Waals surface area contributed by atoms with Crippen molar-refractivity contribution in [2.45, 2.75) is 13.8 Å². The Morgan fingerprint density at radius 1 is 1.03 bits per heavy atom. The number of nitrogens with one attached hydrogen (secondary N) is 1. The van der Waals surface area contributed by atoms with Gasteiger partial charge in [0, 0.05) is 15.4 Å². The normalized spacial score (nSPS) is 11.0. The fraction of sp³-hybridized carbons (Fsp3) is 0.0833. The summed E-state index contributed by atoms with van der Waals surface area (Å²) < 4.78 is 14.2. The summed E-state index contributed by atoms with van der Waals surface area (Å²) in [5, 5.41) is 4.08. The van der Waals surface area contributed by atoms with Crippen LogP contribution in [-0.2, 0) is 0 Å². The molecule has 1 heterocycles. The number of aryl methyl sites for hydroxylation is 2. The first-order valence-corrected chi connectivity index (χ1v) is 10.4. The van der Waals surface area contributed by atoms with Gasteiger partial charge in [-0.2, -0.15) is 0 Å². The molecule has 0 fully saturated rings. The quantitative estimate of drug-likeness (QED) is 0.331. The summed E-state index contributed by atoms with van der Waals surface area (Å²) >= 11 is 9.64. The van der Waals surface area contributed by atoms with Crippen LogP contribution in [0.15, 0.2) is 65.1 Å². The first kappa shape index (κ1) is 20.5. The summed E-state index contributed by atoms with van der Waals surface area (Å²) in [6, 6.07) is 17.0. The number of amides is 1. The van der Waals surface area contributed by atoms with E-state index in [1.165, 1.54) is 12.1 Å². The SMILES string of the molecule is Cc1cc(C)c2nc(-c3ccc(F)cc3)cc(C(=O)Nc3ccc(Br)cc3Cl)c2c1. The zero-order chi connectivity index (χ0) is 21.4. The molecule has 3 aromatic carbocycles. The van der Waals surface area contributed by atoms with E-state index in [4.69, 9.17) is 16.6 Å². The minimum atomic E-state index is -0.325. The van der Waals surface area contributed by atoms with Crippen molar-refractivity contribution in [3.05, 3.63) is 92.7 Å². The van der Waals surface area contributed by atoms with Crippen LogP contribution in [0, 0.1) is 19.7 Å². The number of carbonyl (C=O) groups is 1. The number of benzene rings is 3. The second-order valence-corrected chi connectivity index (χ2v) is 8.44. The molecule has 0 unspecified atom stereocenters. The predicted molar refractivity (Wildman–Crippen MR) is 124 cm³/mol. The van der Waals surface area contributed by atoms with Crippen molar-refractivity contribution in [2.75, 3.05) is 5.32 Å². The van der Waals surface area contributed by atoms with Gasteiger partial charge in [-0.05, 0) is 74.0 Å². The third-order valence-electron chi connectivity index (χ3n) is 4.81. The zero-order valence-electron chi connectivity index (χ0n) is 16.3. The molecule has 3 nitrogen and oxygen atoms in total. The van der Waals surface area contributed by atoms with Crippen molar-refractivity contribution in [3.63, 3.8) is 0 Å². The molecule has 150 valence electrons. The fourth-order valence-corrected chi connectivity index (χ4v) is 4.14. The number of aromatic nitrogens is 1. The molecule has 0 radical (unpaired) electrons. The Morgan fingerprint density at radius 3 is 2.47 bits per heavy atom. The Bertz CT molecular complexity index is 1290. The maximum Gasteiger partial charge on any atom is 0.256 e. The van der Waals surface area contributed by atoms with E-state index in [0.29, 0.717) is 22.0 Å². The van der Waals surface area contributed by atoms with Crippen LogP contribution >= 0.6 is 27.5 Å². The molecule has 0 aliphatic rings. The first-order chi connectivity index (χ1) is 14.3. The highest BCUT2D eigenvalue weighted by atomic mass is 79.9. The van der Waals surface area contributed by atoms with Crippen molar-refractivity contribution in [1.29, 1.82) is 0 Å². The molecular formula is C24H17BrClFN2O. The highest BCUT2D eigenvalue weighted by Gasteiger charge is 2.17. The largest absolute Gasteiger partial charge is 0.321 e. The lowest BCUT2D eigenvalue weighted by molar-refractivity contribution is 0.102. The second kappa shape index (κ2) is 8.17. The average Bonchev–Trinajstić information content (AvgIpc) is 2.70. The number of fused-ring (bicyclic) bond motifs is 1. The molecule has 0 bridgehead atoms. The fourth-order valence-electron chi connectivity index (χ4n) is 3.42. The lowest BCUT2D eigenvalue weighted by Gasteiger charge is -2.14. The second-order valence-electron chi connectivity index (χ2n) is 7.12. The van der Waals surface area contributed by atoms with Gasteiger partial charge < -0.3 is 5.32 Å². The summed E-state index contributed by atoms with van der Waals surface area (Å²) in [6.45, 7) is 3.94. The minimum absolute atomic E-state index is 0.292. The molecule has 0 atom stereocenters. The van der Waals surface area contributed by atoms with Gasteiger partial charge in [0.1, 0.15) is 5.82 Å². The molecule has 0 saturated heterocycles. The number of anilines is 1. The van der Waals surface area contributed by atoms with Gasteiger partial charge in [-0.3, -0.25) is 4.79 Å². The zero-order valence-corrected chi connectivity index (χ0v) is 18.6. The van der Waals surface area contributed by atoms with Gasteiger partial charge in [0.05, 0.1) is 27.5 Å². The van der Waals surface area contributed by atoms with Crippen molar-refractivity contribution in [1.82, 2.24) is 4.98 Å². The molecule has 4 rings (SSSR count). The molecule has 1 amide bonds. The molecule has 0 aliphatic heterocycles. The highest BCUT2D eigenvalue weighted by Crippen LogP contribution is 2.30. The standard InChI is InChI=1S/C24H17BrClFN2O/c1-13-9-14(2)23-18(10-13)19(12-22(28-23)15-3-6-17(27)7-4-15)24(30)29-21-8-5-16(25)11-20(21)26/h3-12H,1-2H3,(H,29,30). The summed E-state index contributed by atoms with van der Waals surface area (Å²) in [5.74, 6) is -0.617. The number of hydrogen-bond acceptors (Lipinski definition) is 2. The van der Waals surface area contributed by atoms with Crippen molar-refractivity contribution in [2.24, 2.45) is 0 Å². The van der Waals surface area contributed by atoms with Gasteiger partial charge in [0.2, 0.25) is 0 Å². The smallest absolute Gasteiger partial charge is 0.256 e. The van der Waals surface area contributed by atoms with E-state index in [9.17, 15) is 9.18 Å². The topological polar surface area (TPSA) is 42.0 Å². The molecule has 6 heteroatoms. The van der Waals surface area contributed by atoms with Crippen LogP contribution in [0.25, 0.3) is 22.2 Å². The lowest BCUT2D eigenvalue weighted by atomic mass is 9.99. The molecule has 0 saturated carbocycles. The monoisotopic (exact) mass is 482 g/mol. The summed E-state index contributed by atoms with van der Waals surface area (Å²) in [6.07, 6.45) is 0. The van der Waals surface area contributed by atoms with Crippen LogP contribution in [0.1, 0.15) is 21.5 Å². The van der Waals surface area contributed by atoms with Gasteiger partial charge >= 0.3 is 0 Å². The van der Waals surface area contributed by atoms with Crippen molar-refractivity contribution in [3.8, 4) is 11.3 Å². The number of hydrogen-bond donors (Lipinski definition) is 1. The molecular weight excluding hydrogens is 467 g/mol. The van der Waals surface area contributed by atoms with E-state index >= 15 is 0 Å². The van der Waals surface area contributed by atoms with Gasteiger partial charge in [-0.25, -0.2) is 9.37 Å². The Kier molecular flexibility index (Phi) is 5.58. The van der Waals surface area contributed by atoms with Gasteiger partial charge in [-0.15, -0.1) is 0 Å². The first-order valence-electron chi connectivity index (χ1n) is 9.26. The van der Waals surface area contributed by atoms with Gasteiger partial charge in [-0.1, -0.05) is 39.2 Å². The van der Waals surface area contributed by atoms with Crippen molar-refractivity contribution >= 4 is 50.0 Å². The maximum absolute atomic E-state index is 13.4. The van der Waals surface area contributed by atoms with E-state index in [1.54, 1.807) is 30.3 Å². The summed E-state index contributed by atoms with van der Waals surface area (Å²) in [4.78, 5) is 18.0. The Hall–Kier alpha value is -2.76. The highest BCUT2D eigenvalue weighted by molar-refractivity contribution is 9.10. The van der Waals surface area contributed by atoms with E-state index in [1.807, 2.05) is 32.0 Å². The maximum atomic E-state index is 13.4. The van der Waals surface area contributed by atoms with E-state index in [2.05, 4.69) is 21.2 Å². The summed E-state index contributed by atoms with van der Waals surface area (Å²) in [7, 11) is 0. The number of pyridine rings is 1. The van der Waals surface area contributed by atoms with E-state index in [0.717, 1.165) is 32.1 Å². The number of nitrogens with zero attached hydrogens (tertiary/aromatic N) is 1. The van der Waals surface area contributed by atoms with Gasteiger partial charge in [0.25, 0.3) is 5.91 Å². The molecule has 1 aromatic heterocycles. The van der Waals surface area contributed by atoms with Crippen LogP contribution in [0.2, 0.25) is 5.02 Å². The van der Waals surface area contributed by atoms with Crippen molar-refractivity contribution < 1.29 is 9.18 Å². The Labute approximate surface area is 187 Å². The predicted octanol–water partition coefficient (Wildman–Crippen LogP) is 7.33. The minimum Gasteiger partial charge on any atom is -0.321 e. The van der Waals surface area contributed by atoms with E-state index < -0.39 is 0 Å². The molecule has 0 spiro atoms. The van der Waals surface area contributed by atoms with Crippen LogP contribution in [0.4, 0.5) is 10.1 Å². The van der Waals surface area contributed by atoms with Crippen LogP contribution in [0.3, 0.4) is 0 Å². The number of halogens is 3. The van der Waals surface area contributed by atoms with Crippen LogP contribution in [0.5, 0.6) is 0 Å². The van der Waals surface area contributed by atoms with Gasteiger partial charge in [0.15, 0.2) is 0 Å². The van der Waals surface area contributed by atoms with Crippen LogP contribution in [-0.4, -0.2) is 10.9 Å². The average molecular weight is 484 g/mol. The number of rotatable bonds is 3. The van der Waals surface area contributed by atoms with Crippen LogP contribution < -0.4 is 5.32 Å². The lowest BCUT2D eigenvalue weighted by Crippen LogP contribution is -2.13. The third-order valence-corrected chi connectivity index (χ3v) is 5.62.